The van der Waals surface area contributed by atoms with Gasteiger partial charge in [-0.1, -0.05) is 19.3 Å². The lowest BCUT2D eigenvalue weighted by atomic mass is 9.96. The summed E-state index contributed by atoms with van der Waals surface area (Å²) in [5.74, 6) is 0. The second-order valence-electron chi connectivity index (χ2n) is 4.71. The summed E-state index contributed by atoms with van der Waals surface area (Å²) in [6, 6.07) is 0.748. The summed E-state index contributed by atoms with van der Waals surface area (Å²) in [6.45, 7) is 2.08. The van der Waals surface area contributed by atoms with E-state index in [0.717, 1.165) is 10.7 Å². The molecule has 0 aromatic carbocycles. The Morgan fingerprint density at radius 1 is 1.47 bits per heavy atom. The summed E-state index contributed by atoms with van der Waals surface area (Å²) in [4.78, 5) is 0. The number of aromatic nitrogens is 2. The van der Waals surface area contributed by atoms with E-state index in [1.807, 2.05) is 12.4 Å². The first kappa shape index (κ1) is 12.4. The number of H-pyrrole nitrogens is 1. The van der Waals surface area contributed by atoms with Crippen molar-refractivity contribution in [3.05, 3.63) is 18.0 Å². The van der Waals surface area contributed by atoms with E-state index in [0.29, 0.717) is 6.04 Å². The quantitative estimate of drug-likeness (QED) is 0.722. The third-order valence-corrected chi connectivity index (χ3v) is 3.54. The second-order valence-corrected chi connectivity index (χ2v) is 5.11. The van der Waals surface area contributed by atoms with Crippen molar-refractivity contribution in [3.63, 3.8) is 0 Å². The van der Waals surface area contributed by atoms with Gasteiger partial charge in [-0.2, -0.15) is 5.10 Å². The minimum Gasteiger partial charge on any atom is -0.360 e. The van der Waals surface area contributed by atoms with E-state index >= 15 is 0 Å². The Bertz CT molecular complexity index is 343. The Balaban J connectivity index is 1.76. The van der Waals surface area contributed by atoms with E-state index in [4.69, 9.17) is 12.2 Å². The van der Waals surface area contributed by atoms with Crippen molar-refractivity contribution in [3.8, 4) is 0 Å². The van der Waals surface area contributed by atoms with Crippen molar-refractivity contribution in [2.45, 2.75) is 51.1 Å². The largest absolute Gasteiger partial charge is 0.360 e. The van der Waals surface area contributed by atoms with Crippen LogP contribution in [0.3, 0.4) is 0 Å². The standard InChI is InChI=1S/C12H20N4S/c1-9(10-7-13-14-8-10)15-12(17)16-11-5-3-2-4-6-11/h7-9,11H,2-6H2,1H3,(H,13,14)(H2,15,16,17). The van der Waals surface area contributed by atoms with Crippen molar-refractivity contribution >= 4 is 17.3 Å². The Kier molecular flexibility index (Phi) is 4.36. The minimum atomic E-state index is 0.192. The van der Waals surface area contributed by atoms with Gasteiger partial charge in [0.15, 0.2) is 5.11 Å². The first-order chi connectivity index (χ1) is 8.25. The maximum Gasteiger partial charge on any atom is 0.166 e. The molecule has 1 unspecified atom stereocenters. The van der Waals surface area contributed by atoms with Crippen LogP contribution < -0.4 is 10.6 Å². The Hall–Kier alpha value is -1.10. The molecule has 2 rings (SSSR count). The molecule has 0 amide bonds. The van der Waals surface area contributed by atoms with Crippen LogP contribution in [0, 0.1) is 0 Å². The van der Waals surface area contributed by atoms with Gasteiger partial charge in [-0.25, -0.2) is 0 Å². The van der Waals surface area contributed by atoms with Crippen LogP contribution in [-0.2, 0) is 0 Å². The van der Waals surface area contributed by atoms with Crippen molar-refractivity contribution in [2.24, 2.45) is 0 Å². The molecule has 1 fully saturated rings. The predicted molar refractivity (Wildman–Crippen MR) is 72.7 cm³/mol. The van der Waals surface area contributed by atoms with E-state index < -0.39 is 0 Å². The Morgan fingerprint density at radius 3 is 2.88 bits per heavy atom. The molecule has 1 aliphatic carbocycles. The van der Waals surface area contributed by atoms with Crippen LogP contribution in [0.4, 0.5) is 0 Å². The smallest absolute Gasteiger partial charge is 0.166 e. The molecule has 94 valence electrons. The van der Waals surface area contributed by atoms with Gasteiger partial charge in [-0.3, -0.25) is 5.10 Å². The molecule has 1 atom stereocenters. The number of hydrogen-bond donors (Lipinski definition) is 3. The molecule has 1 aliphatic rings. The molecule has 1 aromatic rings. The first-order valence-electron chi connectivity index (χ1n) is 6.31. The highest BCUT2D eigenvalue weighted by molar-refractivity contribution is 7.80. The highest BCUT2D eigenvalue weighted by Gasteiger charge is 2.15. The molecule has 0 spiro atoms. The zero-order valence-electron chi connectivity index (χ0n) is 10.2. The molecule has 17 heavy (non-hydrogen) atoms. The number of nitrogens with zero attached hydrogens (tertiary/aromatic N) is 1. The zero-order valence-corrected chi connectivity index (χ0v) is 11.0. The Labute approximate surface area is 108 Å². The van der Waals surface area contributed by atoms with Gasteiger partial charge in [0.1, 0.15) is 0 Å². The summed E-state index contributed by atoms with van der Waals surface area (Å²) < 4.78 is 0. The molecule has 3 N–H and O–H groups in total. The molecule has 1 saturated carbocycles. The van der Waals surface area contributed by atoms with Gasteiger partial charge in [-0.15, -0.1) is 0 Å². The lowest BCUT2D eigenvalue weighted by Crippen LogP contribution is -2.43. The van der Waals surface area contributed by atoms with E-state index in [2.05, 4.69) is 27.8 Å². The van der Waals surface area contributed by atoms with E-state index in [9.17, 15) is 0 Å². The average Bonchev–Trinajstić information content (AvgIpc) is 2.83. The van der Waals surface area contributed by atoms with Gasteiger partial charge in [0.25, 0.3) is 0 Å². The predicted octanol–water partition coefficient (Wildman–Crippen LogP) is 2.27. The number of thiocarbonyl (C=S) groups is 1. The SMILES string of the molecule is CC(NC(=S)NC1CCCCC1)c1cn[nH]c1. The topological polar surface area (TPSA) is 52.7 Å². The molecule has 5 heteroatoms. The second kappa shape index (κ2) is 6.00. The van der Waals surface area contributed by atoms with Crippen LogP contribution in [0.15, 0.2) is 12.4 Å². The first-order valence-corrected chi connectivity index (χ1v) is 6.72. The van der Waals surface area contributed by atoms with Gasteiger partial charge in [-0.05, 0) is 32.0 Å². The third kappa shape index (κ3) is 3.70. The fourth-order valence-corrected chi connectivity index (χ4v) is 2.60. The normalized spacial score (nSPS) is 18.6. The summed E-state index contributed by atoms with van der Waals surface area (Å²) in [5.41, 5.74) is 1.12. The van der Waals surface area contributed by atoms with Crippen LogP contribution in [-0.4, -0.2) is 21.4 Å². The van der Waals surface area contributed by atoms with E-state index in [1.54, 1.807) is 0 Å². The van der Waals surface area contributed by atoms with Crippen molar-refractivity contribution in [1.29, 1.82) is 0 Å². The highest BCUT2D eigenvalue weighted by Crippen LogP contribution is 2.17. The molecule has 1 heterocycles. The van der Waals surface area contributed by atoms with Crippen LogP contribution in [0.25, 0.3) is 0 Å². The summed E-state index contributed by atoms with van der Waals surface area (Å²) in [6.07, 6.45) is 10.2. The molecule has 0 saturated heterocycles. The molecular formula is C12H20N4S. The van der Waals surface area contributed by atoms with Crippen molar-refractivity contribution in [2.75, 3.05) is 0 Å². The highest BCUT2D eigenvalue weighted by atomic mass is 32.1. The third-order valence-electron chi connectivity index (χ3n) is 3.31. The number of aromatic amines is 1. The fourth-order valence-electron chi connectivity index (χ4n) is 2.25. The molecule has 1 aromatic heterocycles. The minimum absolute atomic E-state index is 0.192. The van der Waals surface area contributed by atoms with E-state index in [-0.39, 0.29) is 6.04 Å². The molecular weight excluding hydrogens is 232 g/mol. The van der Waals surface area contributed by atoms with Crippen LogP contribution >= 0.6 is 12.2 Å². The van der Waals surface area contributed by atoms with Crippen LogP contribution in [0.1, 0.15) is 50.6 Å². The number of rotatable bonds is 3. The van der Waals surface area contributed by atoms with Gasteiger partial charge < -0.3 is 10.6 Å². The summed E-state index contributed by atoms with van der Waals surface area (Å²) >= 11 is 5.33. The van der Waals surface area contributed by atoms with Gasteiger partial charge in [0, 0.05) is 17.8 Å². The lowest BCUT2D eigenvalue weighted by Gasteiger charge is -2.25. The zero-order chi connectivity index (χ0) is 12.1. The van der Waals surface area contributed by atoms with Crippen LogP contribution in [0.5, 0.6) is 0 Å². The Morgan fingerprint density at radius 2 is 2.24 bits per heavy atom. The summed E-state index contributed by atoms with van der Waals surface area (Å²) in [5, 5.41) is 14.2. The maximum atomic E-state index is 5.33. The maximum absolute atomic E-state index is 5.33. The van der Waals surface area contributed by atoms with Gasteiger partial charge >= 0.3 is 0 Å². The fraction of sp³-hybridized carbons (Fsp3) is 0.667. The molecule has 0 aliphatic heterocycles. The van der Waals surface area contributed by atoms with Crippen molar-refractivity contribution < 1.29 is 0 Å². The van der Waals surface area contributed by atoms with Crippen LogP contribution in [0.2, 0.25) is 0 Å². The van der Waals surface area contributed by atoms with Crippen molar-refractivity contribution in [1.82, 2.24) is 20.8 Å². The molecule has 0 radical (unpaired) electrons. The van der Waals surface area contributed by atoms with E-state index in [1.165, 1.54) is 32.1 Å². The van der Waals surface area contributed by atoms with Gasteiger partial charge in [0.05, 0.1) is 12.2 Å². The lowest BCUT2D eigenvalue weighted by molar-refractivity contribution is 0.411. The van der Waals surface area contributed by atoms with Gasteiger partial charge in [0.2, 0.25) is 0 Å². The number of nitrogens with one attached hydrogen (secondary N) is 3. The molecule has 4 nitrogen and oxygen atoms in total. The average molecular weight is 252 g/mol. The summed E-state index contributed by atoms with van der Waals surface area (Å²) in [7, 11) is 0. The molecule has 0 bridgehead atoms. The number of hydrogen-bond acceptors (Lipinski definition) is 2. The monoisotopic (exact) mass is 252 g/mol.